The van der Waals surface area contributed by atoms with Crippen LogP contribution in [-0.4, -0.2) is 4.92 Å². The largest absolute Gasteiger partial charge is 0.378 e. The average Bonchev–Trinajstić information content (AvgIpc) is 2.38. The third-order valence-corrected chi connectivity index (χ3v) is 3.03. The highest BCUT2D eigenvalue weighted by Crippen LogP contribution is 2.27. The highest BCUT2D eigenvalue weighted by Gasteiger charge is 2.16. The van der Waals surface area contributed by atoms with Gasteiger partial charge in [-0.15, -0.1) is 0 Å². The minimum absolute atomic E-state index is 0.0422. The summed E-state index contributed by atoms with van der Waals surface area (Å²) in [5.74, 6) is -1.48. The van der Waals surface area contributed by atoms with Crippen molar-refractivity contribution in [3.05, 3.63) is 68.7 Å². The van der Waals surface area contributed by atoms with Crippen LogP contribution in [0, 0.1) is 21.7 Å². The number of benzene rings is 2. The monoisotopic (exact) mass is 298 g/mol. The maximum Gasteiger partial charge on any atom is 0.275 e. The summed E-state index contributed by atoms with van der Waals surface area (Å²) in [6, 6.07) is 7.31. The van der Waals surface area contributed by atoms with Crippen molar-refractivity contribution >= 4 is 23.0 Å². The Balaban J connectivity index is 2.25. The Bertz CT molecular complexity index is 665. The average molecular weight is 299 g/mol. The Labute approximate surface area is 118 Å². The van der Waals surface area contributed by atoms with Crippen molar-refractivity contribution in [1.82, 2.24) is 0 Å². The highest BCUT2D eigenvalue weighted by atomic mass is 35.5. The summed E-state index contributed by atoms with van der Waals surface area (Å²) in [5.41, 5.74) is 0.121. The first-order valence-electron chi connectivity index (χ1n) is 5.59. The first-order chi connectivity index (χ1) is 9.49. The Kier molecular flexibility index (Phi) is 4.14. The highest BCUT2D eigenvalue weighted by molar-refractivity contribution is 6.31. The van der Waals surface area contributed by atoms with Gasteiger partial charge in [-0.25, -0.2) is 8.78 Å². The summed E-state index contributed by atoms with van der Waals surface area (Å²) in [4.78, 5) is 10.3. The molecule has 0 unspecified atom stereocenters. The summed E-state index contributed by atoms with van der Waals surface area (Å²) in [6.07, 6.45) is 0. The molecule has 0 spiro atoms. The summed E-state index contributed by atoms with van der Waals surface area (Å²) in [5, 5.41) is 13.8. The van der Waals surface area contributed by atoms with Gasteiger partial charge in [0.2, 0.25) is 0 Å². The third kappa shape index (κ3) is 3.03. The molecular weight excluding hydrogens is 290 g/mol. The lowest BCUT2D eigenvalue weighted by atomic mass is 10.1. The first-order valence-corrected chi connectivity index (χ1v) is 5.97. The van der Waals surface area contributed by atoms with Gasteiger partial charge in [-0.1, -0.05) is 17.7 Å². The van der Waals surface area contributed by atoms with Crippen molar-refractivity contribution in [3.8, 4) is 0 Å². The molecule has 104 valence electrons. The molecule has 0 fully saturated rings. The Hall–Kier alpha value is -2.21. The number of nitro benzene ring substituents is 1. The molecule has 0 heterocycles. The van der Waals surface area contributed by atoms with Crippen LogP contribution in [0.3, 0.4) is 0 Å². The van der Waals surface area contributed by atoms with Crippen LogP contribution in [0.4, 0.5) is 20.2 Å². The van der Waals surface area contributed by atoms with Gasteiger partial charge < -0.3 is 5.32 Å². The number of nitrogens with one attached hydrogen (secondary N) is 1. The Morgan fingerprint density at radius 2 is 2.00 bits per heavy atom. The molecule has 0 aromatic heterocycles. The molecule has 0 bridgehead atoms. The first kappa shape index (κ1) is 14.2. The molecule has 0 saturated carbocycles. The molecule has 0 atom stereocenters. The molecular formula is C13H9ClF2N2O2. The summed E-state index contributed by atoms with van der Waals surface area (Å²) >= 11 is 5.91. The van der Waals surface area contributed by atoms with Gasteiger partial charge in [0.1, 0.15) is 11.6 Å². The van der Waals surface area contributed by atoms with Gasteiger partial charge in [0, 0.05) is 18.7 Å². The van der Waals surface area contributed by atoms with Crippen LogP contribution in [0.5, 0.6) is 0 Å². The SMILES string of the molecule is O=[N+]([O-])c1cccc(Cl)c1CNc1ccc(F)cc1F. The molecule has 0 aliphatic heterocycles. The van der Waals surface area contributed by atoms with Crippen molar-refractivity contribution in [3.63, 3.8) is 0 Å². The summed E-state index contributed by atoms with van der Waals surface area (Å²) in [7, 11) is 0. The van der Waals surface area contributed by atoms with Crippen molar-refractivity contribution < 1.29 is 13.7 Å². The lowest BCUT2D eigenvalue weighted by Gasteiger charge is -2.09. The van der Waals surface area contributed by atoms with Gasteiger partial charge in [-0.3, -0.25) is 10.1 Å². The van der Waals surface area contributed by atoms with Crippen molar-refractivity contribution in [2.45, 2.75) is 6.54 Å². The third-order valence-electron chi connectivity index (χ3n) is 2.68. The number of nitro groups is 1. The molecule has 0 aliphatic carbocycles. The quantitative estimate of drug-likeness (QED) is 0.682. The molecule has 2 aromatic carbocycles. The van der Waals surface area contributed by atoms with Crippen LogP contribution < -0.4 is 5.32 Å². The topological polar surface area (TPSA) is 55.2 Å². The van der Waals surface area contributed by atoms with Crippen molar-refractivity contribution in [2.24, 2.45) is 0 Å². The van der Waals surface area contributed by atoms with Gasteiger partial charge >= 0.3 is 0 Å². The smallest absolute Gasteiger partial charge is 0.275 e. The van der Waals surface area contributed by atoms with Crippen LogP contribution >= 0.6 is 11.6 Å². The molecule has 0 saturated heterocycles. The van der Waals surface area contributed by atoms with Gasteiger partial charge in [-0.05, 0) is 18.2 Å². The lowest BCUT2D eigenvalue weighted by Crippen LogP contribution is -2.05. The fraction of sp³-hybridized carbons (Fsp3) is 0.0769. The second-order valence-electron chi connectivity index (χ2n) is 3.97. The van der Waals surface area contributed by atoms with Crippen LogP contribution in [-0.2, 0) is 6.54 Å². The van der Waals surface area contributed by atoms with E-state index in [-0.39, 0.29) is 28.5 Å². The normalized spacial score (nSPS) is 10.3. The van der Waals surface area contributed by atoms with Crippen LogP contribution in [0.1, 0.15) is 5.56 Å². The fourth-order valence-corrected chi connectivity index (χ4v) is 1.95. The van der Waals surface area contributed by atoms with Crippen molar-refractivity contribution in [1.29, 1.82) is 0 Å². The molecule has 2 aromatic rings. The van der Waals surface area contributed by atoms with Gasteiger partial charge in [0.05, 0.1) is 21.2 Å². The predicted molar refractivity (Wildman–Crippen MR) is 71.8 cm³/mol. The lowest BCUT2D eigenvalue weighted by molar-refractivity contribution is -0.385. The second kappa shape index (κ2) is 5.83. The van der Waals surface area contributed by atoms with Crippen LogP contribution in [0.25, 0.3) is 0 Å². The number of hydrogen-bond donors (Lipinski definition) is 1. The molecule has 0 amide bonds. The van der Waals surface area contributed by atoms with E-state index in [2.05, 4.69) is 5.32 Å². The van der Waals surface area contributed by atoms with Gasteiger partial charge in [-0.2, -0.15) is 0 Å². The second-order valence-corrected chi connectivity index (χ2v) is 4.38. The number of nitrogens with zero attached hydrogens (tertiary/aromatic N) is 1. The van der Waals surface area contributed by atoms with E-state index < -0.39 is 16.6 Å². The van der Waals surface area contributed by atoms with Crippen LogP contribution in [0.2, 0.25) is 5.02 Å². The zero-order valence-corrected chi connectivity index (χ0v) is 10.8. The van der Waals surface area contributed by atoms with E-state index >= 15 is 0 Å². The van der Waals surface area contributed by atoms with Crippen LogP contribution in [0.15, 0.2) is 36.4 Å². The molecule has 0 radical (unpaired) electrons. The molecule has 4 nitrogen and oxygen atoms in total. The maximum atomic E-state index is 13.4. The molecule has 1 N–H and O–H groups in total. The molecule has 7 heteroatoms. The Morgan fingerprint density at radius 1 is 1.25 bits per heavy atom. The van der Waals surface area contributed by atoms with E-state index in [1.807, 2.05) is 0 Å². The van der Waals surface area contributed by atoms with Crippen molar-refractivity contribution in [2.75, 3.05) is 5.32 Å². The van der Waals surface area contributed by atoms with E-state index in [1.54, 1.807) is 0 Å². The Morgan fingerprint density at radius 3 is 2.65 bits per heavy atom. The maximum absolute atomic E-state index is 13.4. The number of anilines is 1. The van der Waals surface area contributed by atoms with Gasteiger partial charge in [0.25, 0.3) is 5.69 Å². The fourth-order valence-electron chi connectivity index (χ4n) is 1.71. The standard InChI is InChI=1S/C13H9ClF2N2O2/c14-10-2-1-3-13(18(19)20)9(10)7-17-12-5-4-8(15)6-11(12)16/h1-6,17H,7H2. The minimum Gasteiger partial charge on any atom is -0.378 e. The molecule has 0 aliphatic rings. The van der Waals surface area contributed by atoms with Gasteiger partial charge in [0.15, 0.2) is 0 Å². The zero-order chi connectivity index (χ0) is 14.7. The number of rotatable bonds is 4. The molecule has 2 rings (SSSR count). The van der Waals surface area contributed by atoms with E-state index in [0.29, 0.717) is 0 Å². The predicted octanol–water partition coefficient (Wildman–Crippen LogP) is 4.14. The summed E-state index contributed by atoms with van der Waals surface area (Å²) < 4.78 is 26.2. The number of hydrogen-bond acceptors (Lipinski definition) is 3. The number of halogens is 3. The van der Waals surface area contributed by atoms with E-state index in [9.17, 15) is 18.9 Å². The zero-order valence-electron chi connectivity index (χ0n) is 10.1. The minimum atomic E-state index is -0.778. The summed E-state index contributed by atoms with van der Waals surface area (Å²) in [6.45, 7) is -0.0431. The van der Waals surface area contributed by atoms with E-state index in [1.165, 1.54) is 24.3 Å². The van der Waals surface area contributed by atoms with E-state index in [4.69, 9.17) is 11.6 Å². The molecule has 20 heavy (non-hydrogen) atoms. The van der Waals surface area contributed by atoms with E-state index in [0.717, 1.165) is 12.1 Å².